The maximum atomic E-state index is 11.8. The molecule has 0 N–H and O–H groups in total. The standard InChI is InChI=1S/C11H10BrF3O2/c12-7-10(16)8-1-3-9(4-2-8)17-6-5-11(13,14)15/h1-4H,5-7H2. The number of benzene rings is 1. The Labute approximate surface area is 105 Å². The van der Waals surface area contributed by atoms with Gasteiger partial charge < -0.3 is 4.74 Å². The lowest BCUT2D eigenvalue weighted by Crippen LogP contribution is -2.13. The molecule has 0 atom stereocenters. The second-order valence-corrected chi connectivity index (χ2v) is 3.86. The summed E-state index contributed by atoms with van der Waals surface area (Å²) < 4.78 is 40.4. The summed E-state index contributed by atoms with van der Waals surface area (Å²) >= 11 is 3.03. The van der Waals surface area contributed by atoms with Gasteiger partial charge in [-0.3, -0.25) is 4.79 Å². The van der Waals surface area contributed by atoms with E-state index in [2.05, 4.69) is 15.9 Å². The van der Waals surface area contributed by atoms with E-state index in [4.69, 9.17) is 4.74 Å². The number of Topliss-reactive ketones (excluding diaryl/α,β-unsaturated/α-hetero) is 1. The fraction of sp³-hybridized carbons (Fsp3) is 0.364. The molecule has 0 aliphatic rings. The van der Waals surface area contributed by atoms with Crippen LogP contribution in [0.4, 0.5) is 13.2 Å². The third kappa shape index (κ3) is 5.21. The van der Waals surface area contributed by atoms with Crippen molar-refractivity contribution in [3.63, 3.8) is 0 Å². The third-order valence-corrected chi connectivity index (χ3v) is 2.46. The van der Waals surface area contributed by atoms with E-state index in [9.17, 15) is 18.0 Å². The zero-order valence-corrected chi connectivity index (χ0v) is 10.3. The maximum Gasteiger partial charge on any atom is 0.392 e. The highest BCUT2D eigenvalue weighted by molar-refractivity contribution is 9.09. The lowest BCUT2D eigenvalue weighted by atomic mass is 10.1. The average Bonchev–Trinajstić information content (AvgIpc) is 2.27. The quantitative estimate of drug-likeness (QED) is 0.613. The normalized spacial score (nSPS) is 11.3. The second kappa shape index (κ2) is 6.05. The molecule has 0 spiro atoms. The number of alkyl halides is 4. The lowest BCUT2D eigenvalue weighted by molar-refractivity contribution is -0.139. The highest BCUT2D eigenvalue weighted by atomic mass is 79.9. The third-order valence-electron chi connectivity index (χ3n) is 1.95. The van der Waals surface area contributed by atoms with E-state index in [-0.39, 0.29) is 11.1 Å². The van der Waals surface area contributed by atoms with E-state index in [1.54, 1.807) is 0 Å². The molecule has 0 aromatic heterocycles. The summed E-state index contributed by atoms with van der Waals surface area (Å²) in [6, 6.07) is 6.00. The number of ketones is 1. The van der Waals surface area contributed by atoms with Gasteiger partial charge in [-0.2, -0.15) is 13.2 Å². The van der Waals surface area contributed by atoms with Crippen LogP contribution in [-0.4, -0.2) is 23.9 Å². The van der Waals surface area contributed by atoms with Crippen molar-refractivity contribution >= 4 is 21.7 Å². The molecule has 0 amide bonds. The number of carbonyl (C=O) groups is 1. The van der Waals surface area contributed by atoms with Crippen molar-refractivity contribution in [2.75, 3.05) is 11.9 Å². The molecule has 0 bridgehead atoms. The first-order chi connectivity index (χ1) is 7.92. The lowest BCUT2D eigenvalue weighted by Gasteiger charge is -2.08. The Balaban J connectivity index is 2.49. The predicted octanol–water partition coefficient (Wildman–Crippen LogP) is 3.60. The highest BCUT2D eigenvalue weighted by Gasteiger charge is 2.26. The van der Waals surface area contributed by atoms with Gasteiger partial charge in [0.25, 0.3) is 0 Å². The van der Waals surface area contributed by atoms with E-state index in [0.29, 0.717) is 11.3 Å². The Morgan fingerprint density at radius 1 is 1.24 bits per heavy atom. The van der Waals surface area contributed by atoms with Crippen molar-refractivity contribution in [2.45, 2.75) is 12.6 Å². The first kappa shape index (κ1) is 14.0. The minimum absolute atomic E-state index is 0.0909. The summed E-state index contributed by atoms with van der Waals surface area (Å²) in [6.07, 6.45) is -5.21. The smallest absolute Gasteiger partial charge is 0.392 e. The van der Waals surface area contributed by atoms with Crippen LogP contribution in [0.15, 0.2) is 24.3 Å². The summed E-state index contributed by atoms with van der Waals surface area (Å²) in [6.45, 7) is -0.421. The molecule has 0 aliphatic carbocycles. The number of rotatable bonds is 5. The average molecular weight is 311 g/mol. The minimum atomic E-state index is -4.22. The van der Waals surface area contributed by atoms with Crippen LogP contribution in [0.5, 0.6) is 5.75 Å². The van der Waals surface area contributed by atoms with Gasteiger partial charge in [0.2, 0.25) is 0 Å². The highest BCUT2D eigenvalue weighted by Crippen LogP contribution is 2.20. The van der Waals surface area contributed by atoms with Crippen molar-refractivity contribution in [3.8, 4) is 5.75 Å². The number of hydrogen-bond acceptors (Lipinski definition) is 2. The van der Waals surface area contributed by atoms with Crippen LogP contribution in [0.1, 0.15) is 16.8 Å². The Morgan fingerprint density at radius 2 is 1.82 bits per heavy atom. The van der Waals surface area contributed by atoms with Crippen LogP contribution in [0.25, 0.3) is 0 Å². The van der Waals surface area contributed by atoms with Gasteiger partial charge in [-0.1, -0.05) is 15.9 Å². The molecule has 6 heteroatoms. The van der Waals surface area contributed by atoms with Crippen LogP contribution in [-0.2, 0) is 0 Å². The summed E-state index contributed by atoms with van der Waals surface area (Å²) in [7, 11) is 0. The Bertz CT molecular complexity index is 373. The molecular formula is C11H10BrF3O2. The second-order valence-electron chi connectivity index (χ2n) is 3.29. The van der Waals surface area contributed by atoms with Crippen molar-refractivity contribution < 1.29 is 22.7 Å². The maximum absolute atomic E-state index is 11.8. The number of carbonyl (C=O) groups excluding carboxylic acids is 1. The number of hydrogen-bond donors (Lipinski definition) is 0. The fourth-order valence-corrected chi connectivity index (χ4v) is 1.42. The topological polar surface area (TPSA) is 26.3 Å². The molecule has 0 heterocycles. The van der Waals surface area contributed by atoms with Gasteiger partial charge in [-0.05, 0) is 24.3 Å². The molecule has 0 fully saturated rings. The van der Waals surface area contributed by atoms with Crippen molar-refractivity contribution in [3.05, 3.63) is 29.8 Å². The number of halogens is 4. The first-order valence-corrected chi connectivity index (χ1v) is 5.93. The van der Waals surface area contributed by atoms with E-state index in [1.165, 1.54) is 24.3 Å². The van der Waals surface area contributed by atoms with Gasteiger partial charge in [0.05, 0.1) is 18.4 Å². The molecular weight excluding hydrogens is 301 g/mol. The number of ether oxygens (including phenoxy) is 1. The summed E-state index contributed by atoms with van der Waals surface area (Å²) in [5, 5.41) is 0.210. The van der Waals surface area contributed by atoms with Gasteiger partial charge in [-0.25, -0.2) is 0 Å². The molecule has 0 radical (unpaired) electrons. The van der Waals surface area contributed by atoms with Crippen LogP contribution in [0.2, 0.25) is 0 Å². The first-order valence-electron chi connectivity index (χ1n) is 4.81. The van der Waals surface area contributed by atoms with Gasteiger partial charge in [0.1, 0.15) is 5.75 Å². The summed E-state index contributed by atoms with van der Waals surface area (Å²) in [5.41, 5.74) is 0.491. The molecule has 94 valence electrons. The fourth-order valence-electron chi connectivity index (χ4n) is 1.10. The monoisotopic (exact) mass is 310 g/mol. The van der Waals surface area contributed by atoms with Gasteiger partial charge in [0, 0.05) is 5.56 Å². The minimum Gasteiger partial charge on any atom is -0.493 e. The summed E-state index contributed by atoms with van der Waals surface area (Å²) in [4.78, 5) is 11.2. The van der Waals surface area contributed by atoms with Crippen LogP contribution >= 0.6 is 15.9 Å². The SMILES string of the molecule is O=C(CBr)c1ccc(OCCC(F)(F)F)cc1. The van der Waals surface area contributed by atoms with Crippen LogP contribution in [0.3, 0.4) is 0 Å². The van der Waals surface area contributed by atoms with E-state index >= 15 is 0 Å². The largest absolute Gasteiger partial charge is 0.493 e. The van der Waals surface area contributed by atoms with Crippen LogP contribution in [0, 0.1) is 0 Å². The Hall–Kier alpha value is -1.04. The van der Waals surface area contributed by atoms with Gasteiger partial charge >= 0.3 is 6.18 Å². The van der Waals surface area contributed by atoms with Crippen LogP contribution < -0.4 is 4.74 Å². The van der Waals surface area contributed by atoms with Crippen molar-refractivity contribution in [2.24, 2.45) is 0 Å². The Kier molecular flexibility index (Phi) is 4.99. The van der Waals surface area contributed by atoms with Crippen molar-refractivity contribution in [1.29, 1.82) is 0 Å². The summed E-state index contributed by atoms with van der Waals surface area (Å²) in [5.74, 6) is 0.229. The van der Waals surface area contributed by atoms with Crippen molar-refractivity contribution in [1.82, 2.24) is 0 Å². The molecule has 0 saturated heterocycles. The van der Waals surface area contributed by atoms with E-state index in [0.717, 1.165) is 0 Å². The zero-order valence-electron chi connectivity index (χ0n) is 8.76. The molecule has 0 unspecified atom stereocenters. The molecule has 17 heavy (non-hydrogen) atoms. The van der Waals surface area contributed by atoms with E-state index < -0.39 is 19.2 Å². The van der Waals surface area contributed by atoms with E-state index in [1.807, 2.05) is 0 Å². The molecule has 1 rings (SSSR count). The predicted molar refractivity (Wildman–Crippen MR) is 60.7 cm³/mol. The molecule has 2 nitrogen and oxygen atoms in total. The zero-order chi connectivity index (χ0) is 12.9. The molecule has 0 saturated carbocycles. The van der Waals surface area contributed by atoms with Gasteiger partial charge in [-0.15, -0.1) is 0 Å². The molecule has 1 aromatic carbocycles. The molecule has 1 aromatic rings. The Morgan fingerprint density at radius 3 is 2.29 bits per heavy atom. The molecule has 0 aliphatic heterocycles. The van der Waals surface area contributed by atoms with Gasteiger partial charge in [0.15, 0.2) is 5.78 Å².